The van der Waals surface area contributed by atoms with Crippen molar-refractivity contribution >= 4 is 50.2 Å². The number of hydrogen-bond donors (Lipinski definition) is 1. The molecule has 3 aromatic rings. The summed E-state index contributed by atoms with van der Waals surface area (Å²) in [6.45, 7) is 5.92. The Balaban J connectivity index is 1.86. The smallest absolute Gasteiger partial charge is 0.341 e. The number of nitriles is 1. The Morgan fingerprint density at radius 2 is 1.89 bits per heavy atom. The van der Waals surface area contributed by atoms with E-state index in [4.69, 9.17) is 14.2 Å². The van der Waals surface area contributed by atoms with Crippen molar-refractivity contribution < 1.29 is 23.8 Å². The molecule has 9 heteroatoms. The zero-order chi connectivity index (χ0) is 26.2. The lowest BCUT2D eigenvalue weighted by Gasteiger charge is -2.13. The van der Waals surface area contributed by atoms with Crippen molar-refractivity contribution in [3.63, 3.8) is 0 Å². The Kier molecular flexibility index (Phi) is 9.28. The molecule has 0 aliphatic heterocycles. The van der Waals surface area contributed by atoms with Gasteiger partial charge in [0.05, 0.1) is 19.3 Å². The lowest BCUT2D eigenvalue weighted by Crippen LogP contribution is -2.16. The number of hydrogen-bond acceptors (Lipinski definition) is 7. The molecule has 2 aromatic carbocycles. The number of esters is 1. The van der Waals surface area contributed by atoms with Crippen molar-refractivity contribution in [1.29, 1.82) is 5.26 Å². The van der Waals surface area contributed by atoms with Gasteiger partial charge < -0.3 is 19.5 Å². The number of aryl methyl sites for hydroxylation is 1. The van der Waals surface area contributed by atoms with E-state index in [2.05, 4.69) is 21.2 Å². The highest BCUT2D eigenvalue weighted by Gasteiger charge is 2.23. The summed E-state index contributed by atoms with van der Waals surface area (Å²) < 4.78 is 17.1. The molecule has 0 bridgehead atoms. The largest absolute Gasteiger partial charge is 0.493 e. The summed E-state index contributed by atoms with van der Waals surface area (Å²) in [5.41, 5.74) is 2.44. The third-order valence-corrected chi connectivity index (χ3v) is 7.09. The van der Waals surface area contributed by atoms with E-state index in [0.717, 1.165) is 16.0 Å². The maximum atomic E-state index is 13.0. The summed E-state index contributed by atoms with van der Waals surface area (Å²) in [6.07, 6.45) is 1.44. The molecule has 1 heterocycles. The number of nitrogens with one attached hydrogen (secondary N) is 1. The quantitative estimate of drug-likeness (QED) is 0.181. The van der Waals surface area contributed by atoms with Crippen LogP contribution in [-0.2, 0) is 16.1 Å². The fourth-order valence-electron chi connectivity index (χ4n) is 3.31. The minimum atomic E-state index is -0.639. The molecular weight excluding hydrogens is 544 g/mol. The Labute approximate surface area is 222 Å². The number of methoxy groups -OCH3 is 1. The van der Waals surface area contributed by atoms with E-state index in [1.807, 2.05) is 43.3 Å². The second kappa shape index (κ2) is 12.4. The first-order chi connectivity index (χ1) is 17.3. The second-order valence-corrected chi connectivity index (χ2v) is 9.71. The fourth-order valence-corrected chi connectivity index (χ4v) is 4.79. The fraction of sp³-hybridized carbons (Fsp3) is 0.222. The van der Waals surface area contributed by atoms with Crippen LogP contribution >= 0.6 is 27.3 Å². The van der Waals surface area contributed by atoms with Gasteiger partial charge >= 0.3 is 5.97 Å². The molecule has 0 radical (unpaired) electrons. The van der Waals surface area contributed by atoms with Gasteiger partial charge in [0.2, 0.25) is 0 Å². The van der Waals surface area contributed by atoms with Crippen molar-refractivity contribution in [3.05, 3.63) is 79.6 Å². The average molecular weight is 569 g/mol. The molecule has 0 atom stereocenters. The Hall–Kier alpha value is -3.61. The highest BCUT2D eigenvalue weighted by Crippen LogP contribution is 2.36. The number of amides is 1. The monoisotopic (exact) mass is 568 g/mol. The summed E-state index contributed by atoms with van der Waals surface area (Å²) in [7, 11) is 1.52. The molecule has 186 valence electrons. The number of rotatable bonds is 9. The predicted octanol–water partition coefficient (Wildman–Crippen LogP) is 6.44. The van der Waals surface area contributed by atoms with Gasteiger partial charge in [0, 0.05) is 9.35 Å². The molecule has 3 rings (SSSR count). The highest BCUT2D eigenvalue weighted by molar-refractivity contribution is 9.10. The molecule has 1 aromatic heterocycles. The summed E-state index contributed by atoms with van der Waals surface area (Å²) in [5.74, 6) is -0.195. The van der Waals surface area contributed by atoms with Crippen molar-refractivity contribution in [2.45, 2.75) is 27.4 Å². The van der Waals surface area contributed by atoms with Crippen LogP contribution in [0.4, 0.5) is 5.00 Å². The second-order valence-electron chi connectivity index (χ2n) is 7.63. The number of anilines is 1. The number of carbonyl (C=O) groups excluding carboxylic acids is 2. The van der Waals surface area contributed by atoms with E-state index in [1.54, 1.807) is 26.0 Å². The van der Waals surface area contributed by atoms with Gasteiger partial charge in [0.15, 0.2) is 11.5 Å². The van der Waals surface area contributed by atoms with Gasteiger partial charge in [-0.3, -0.25) is 4.79 Å². The van der Waals surface area contributed by atoms with Crippen LogP contribution in [0.5, 0.6) is 11.5 Å². The SMILES string of the molecule is CCOC(=O)c1c(NC(=O)/C(C#N)=C/c2cc(OC)c(OCc3ccccc3)cc2Br)sc(C)c1C. The topological polar surface area (TPSA) is 97.7 Å². The first-order valence-electron chi connectivity index (χ1n) is 11.0. The lowest BCUT2D eigenvalue weighted by molar-refractivity contribution is -0.112. The summed E-state index contributed by atoms with van der Waals surface area (Å²) in [5, 5.41) is 12.7. The Morgan fingerprint density at radius 1 is 1.17 bits per heavy atom. The third-order valence-electron chi connectivity index (χ3n) is 5.28. The van der Waals surface area contributed by atoms with E-state index in [9.17, 15) is 14.9 Å². The van der Waals surface area contributed by atoms with Crippen molar-refractivity contribution in [1.82, 2.24) is 0 Å². The number of carbonyl (C=O) groups is 2. The average Bonchev–Trinajstić information content (AvgIpc) is 3.15. The van der Waals surface area contributed by atoms with Crippen molar-refractivity contribution in [2.24, 2.45) is 0 Å². The maximum Gasteiger partial charge on any atom is 0.341 e. The standard InChI is InChI=1S/C27H25BrN2O5S/c1-5-34-27(32)24-16(2)17(3)36-26(24)30-25(31)20(14-29)11-19-12-22(33-4)23(13-21(19)28)35-15-18-9-7-6-8-10-18/h6-13H,5,15H2,1-4H3,(H,30,31)/b20-11+. The van der Waals surface area contributed by atoms with Crippen molar-refractivity contribution in [3.8, 4) is 17.6 Å². The molecule has 36 heavy (non-hydrogen) atoms. The molecule has 0 saturated carbocycles. The van der Waals surface area contributed by atoms with Crippen LogP contribution in [0.2, 0.25) is 0 Å². The summed E-state index contributed by atoms with van der Waals surface area (Å²) >= 11 is 4.75. The van der Waals surface area contributed by atoms with E-state index in [-0.39, 0.29) is 12.2 Å². The number of thiophene rings is 1. The maximum absolute atomic E-state index is 13.0. The van der Waals surface area contributed by atoms with Crippen LogP contribution in [0.3, 0.4) is 0 Å². The van der Waals surface area contributed by atoms with Crippen molar-refractivity contribution in [2.75, 3.05) is 19.0 Å². The third kappa shape index (κ3) is 6.33. The van der Waals surface area contributed by atoms with Crippen LogP contribution < -0.4 is 14.8 Å². The lowest BCUT2D eigenvalue weighted by atomic mass is 10.1. The van der Waals surface area contributed by atoms with Gasteiger partial charge in [-0.2, -0.15) is 5.26 Å². The van der Waals surface area contributed by atoms with Gasteiger partial charge in [0.1, 0.15) is 23.3 Å². The highest BCUT2D eigenvalue weighted by atomic mass is 79.9. The van der Waals surface area contributed by atoms with E-state index < -0.39 is 11.9 Å². The van der Waals surface area contributed by atoms with Gasteiger partial charge in [-0.15, -0.1) is 11.3 Å². The number of nitrogens with zero attached hydrogens (tertiary/aromatic N) is 1. The van der Waals surface area contributed by atoms with E-state index >= 15 is 0 Å². The number of benzene rings is 2. The van der Waals surface area contributed by atoms with Gasteiger partial charge in [-0.1, -0.05) is 46.3 Å². The Bertz CT molecular complexity index is 1340. The van der Waals surface area contributed by atoms with Crippen LogP contribution in [0.1, 0.15) is 38.8 Å². The van der Waals surface area contributed by atoms with E-state index in [0.29, 0.717) is 38.7 Å². The molecule has 0 saturated heterocycles. The minimum Gasteiger partial charge on any atom is -0.493 e. The number of halogens is 1. The molecule has 7 nitrogen and oxygen atoms in total. The normalized spacial score (nSPS) is 10.9. The van der Waals surface area contributed by atoms with Crippen LogP contribution in [0.25, 0.3) is 6.08 Å². The summed E-state index contributed by atoms with van der Waals surface area (Å²) in [4.78, 5) is 26.3. The zero-order valence-electron chi connectivity index (χ0n) is 20.3. The minimum absolute atomic E-state index is 0.144. The van der Waals surface area contributed by atoms with Crippen LogP contribution in [0, 0.1) is 25.2 Å². The molecule has 0 unspecified atom stereocenters. The van der Waals surface area contributed by atoms with Gasteiger partial charge in [-0.05, 0) is 55.7 Å². The molecule has 0 aliphatic rings. The molecular formula is C27H25BrN2O5S. The molecule has 1 amide bonds. The van der Waals surface area contributed by atoms with Crippen LogP contribution in [-0.4, -0.2) is 25.6 Å². The Morgan fingerprint density at radius 3 is 2.53 bits per heavy atom. The molecule has 0 aliphatic carbocycles. The van der Waals surface area contributed by atoms with Gasteiger partial charge in [-0.25, -0.2) is 4.79 Å². The number of ether oxygens (including phenoxy) is 3. The van der Waals surface area contributed by atoms with Gasteiger partial charge in [0.25, 0.3) is 5.91 Å². The molecule has 1 N–H and O–H groups in total. The molecule has 0 spiro atoms. The van der Waals surface area contributed by atoms with Crippen LogP contribution in [0.15, 0.2) is 52.5 Å². The van der Waals surface area contributed by atoms with E-state index in [1.165, 1.54) is 24.5 Å². The first kappa shape index (κ1) is 27.0. The predicted molar refractivity (Wildman–Crippen MR) is 143 cm³/mol. The molecule has 0 fully saturated rings. The summed E-state index contributed by atoms with van der Waals surface area (Å²) in [6, 6.07) is 15.1. The zero-order valence-corrected chi connectivity index (χ0v) is 22.7. The first-order valence-corrected chi connectivity index (χ1v) is 12.6.